The number of rotatable bonds is 5. The molecule has 0 radical (unpaired) electrons. The van der Waals surface area contributed by atoms with Gasteiger partial charge in [0.05, 0.1) is 0 Å². The fourth-order valence-electron chi connectivity index (χ4n) is 2.96. The molecule has 2 unspecified atom stereocenters. The van der Waals surface area contributed by atoms with Crippen LogP contribution in [0.3, 0.4) is 0 Å². The predicted molar refractivity (Wildman–Crippen MR) is 109 cm³/mol. The second-order valence-corrected chi connectivity index (χ2v) is 6.61. The fourth-order valence-corrected chi connectivity index (χ4v) is 2.96. The minimum absolute atomic E-state index is 0. The molecule has 156 valence electrons. The Morgan fingerprint density at radius 2 is 1.88 bits per heavy atom. The van der Waals surface area contributed by atoms with Crippen molar-refractivity contribution in [3.63, 3.8) is 0 Å². The summed E-state index contributed by atoms with van der Waals surface area (Å²) >= 11 is 0. The van der Waals surface area contributed by atoms with Crippen LogP contribution in [0.4, 0.5) is 4.79 Å². The van der Waals surface area contributed by atoms with E-state index in [1.165, 1.54) is 0 Å². The third-order valence-electron chi connectivity index (χ3n) is 4.52. The summed E-state index contributed by atoms with van der Waals surface area (Å²) in [6, 6.07) is 0.0483. The van der Waals surface area contributed by atoms with Gasteiger partial charge in [0, 0.05) is 40.1 Å². The summed E-state index contributed by atoms with van der Waals surface area (Å²) in [5, 5.41) is 2.97. The SMILES string of the molecule is CC.CC.CC1CCN(C(=O)NCCCCN2COCCC(C)C2=O)C1.[HH]. The lowest BCUT2D eigenvalue weighted by atomic mass is 10.1. The monoisotopic (exact) mass is 373 g/mol. The van der Waals surface area contributed by atoms with Crippen molar-refractivity contribution >= 4 is 11.9 Å². The highest BCUT2D eigenvalue weighted by Crippen LogP contribution is 2.15. The Kier molecular flexibility index (Phi) is 14.1. The normalized spacial score (nSPS) is 22.6. The number of amides is 3. The first-order chi connectivity index (χ1) is 12.6. The third-order valence-corrected chi connectivity index (χ3v) is 4.52. The van der Waals surface area contributed by atoms with Crippen LogP contribution in [-0.2, 0) is 9.53 Å². The number of nitrogens with zero attached hydrogens (tertiary/aromatic N) is 2. The van der Waals surface area contributed by atoms with Crippen molar-refractivity contribution in [2.75, 3.05) is 39.5 Å². The van der Waals surface area contributed by atoms with Gasteiger partial charge in [0.25, 0.3) is 0 Å². The van der Waals surface area contributed by atoms with E-state index >= 15 is 0 Å². The zero-order valence-corrected chi connectivity index (χ0v) is 17.8. The van der Waals surface area contributed by atoms with Crippen LogP contribution < -0.4 is 5.32 Å². The predicted octanol–water partition coefficient (Wildman–Crippen LogP) is 3.96. The third kappa shape index (κ3) is 8.88. The topological polar surface area (TPSA) is 61.9 Å². The zero-order chi connectivity index (χ0) is 19.9. The summed E-state index contributed by atoms with van der Waals surface area (Å²) in [4.78, 5) is 27.7. The number of ether oxygens (including phenoxy) is 1. The van der Waals surface area contributed by atoms with Crippen LogP contribution in [0.2, 0.25) is 0 Å². The van der Waals surface area contributed by atoms with Gasteiger partial charge in [-0.25, -0.2) is 4.79 Å². The van der Waals surface area contributed by atoms with E-state index < -0.39 is 0 Å². The zero-order valence-electron chi connectivity index (χ0n) is 17.8. The fraction of sp³-hybridized carbons (Fsp3) is 0.900. The maximum Gasteiger partial charge on any atom is 0.317 e. The minimum atomic E-state index is 0. The van der Waals surface area contributed by atoms with Crippen LogP contribution in [-0.4, -0.2) is 61.3 Å². The van der Waals surface area contributed by atoms with E-state index in [2.05, 4.69) is 12.2 Å². The number of hydrogen-bond donors (Lipinski definition) is 1. The largest absolute Gasteiger partial charge is 0.361 e. The van der Waals surface area contributed by atoms with Crippen molar-refractivity contribution in [1.29, 1.82) is 0 Å². The molecule has 2 fully saturated rings. The molecule has 2 rings (SSSR count). The van der Waals surface area contributed by atoms with E-state index in [9.17, 15) is 9.59 Å². The Morgan fingerprint density at radius 3 is 2.50 bits per heavy atom. The van der Waals surface area contributed by atoms with Crippen LogP contribution in [0.5, 0.6) is 0 Å². The highest BCUT2D eigenvalue weighted by atomic mass is 16.5. The van der Waals surface area contributed by atoms with E-state index in [1.54, 1.807) is 4.90 Å². The molecule has 2 aliphatic heterocycles. The van der Waals surface area contributed by atoms with Crippen LogP contribution in [0.1, 0.15) is 68.7 Å². The molecule has 0 aromatic heterocycles. The molecular formula is C20H43N3O3. The van der Waals surface area contributed by atoms with Crippen LogP contribution >= 0.6 is 0 Å². The smallest absolute Gasteiger partial charge is 0.317 e. The molecule has 2 heterocycles. The van der Waals surface area contributed by atoms with E-state index in [0.717, 1.165) is 38.8 Å². The molecule has 0 saturated carbocycles. The van der Waals surface area contributed by atoms with Gasteiger partial charge in [-0.2, -0.15) is 0 Å². The summed E-state index contributed by atoms with van der Waals surface area (Å²) in [5.41, 5.74) is 0. The lowest BCUT2D eigenvalue weighted by molar-refractivity contribution is -0.137. The number of urea groups is 1. The standard InChI is InChI=1S/C16H29N3O3.2C2H6.H2/c1-13-5-9-18(11-13)16(21)17-7-3-4-8-19-12-22-10-6-14(2)15(19)20;2*1-2;/h13-14H,3-12H2,1-2H3,(H,17,21);2*1-2H3;1H. The first-order valence-corrected chi connectivity index (χ1v) is 10.5. The molecule has 2 atom stereocenters. The second kappa shape index (κ2) is 14.8. The summed E-state index contributed by atoms with van der Waals surface area (Å²) in [6.07, 6.45) is 3.67. The highest BCUT2D eigenvalue weighted by Gasteiger charge is 2.24. The van der Waals surface area contributed by atoms with E-state index in [0.29, 0.717) is 32.3 Å². The van der Waals surface area contributed by atoms with Gasteiger partial charge in [-0.3, -0.25) is 4.79 Å². The lowest BCUT2D eigenvalue weighted by Crippen LogP contribution is -2.39. The first-order valence-electron chi connectivity index (χ1n) is 10.5. The molecular weight excluding hydrogens is 330 g/mol. The second-order valence-electron chi connectivity index (χ2n) is 6.61. The van der Waals surface area contributed by atoms with E-state index in [4.69, 9.17) is 4.74 Å². The van der Waals surface area contributed by atoms with Crippen molar-refractivity contribution < 1.29 is 15.8 Å². The lowest BCUT2D eigenvalue weighted by Gasteiger charge is -2.22. The first kappa shape index (κ1) is 24.7. The van der Waals surface area contributed by atoms with Crippen molar-refractivity contribution in [3.8, 4) is 0 Å². The Hall–Kier alpha value is -1.30. The van der Waals surface area contributed by atoms with Crippen LogP contribution in [0, 0.1) is 11.8 Å². The molecule has 1 N–H and O–H groups in total. The quantitative estimate of drug-likeness (QED) is 0.742. The van der Waals surface area contributed by atoms with Gasteiger partial charge in [0.2, 0.25) is 5.91 Å². The van der Waals surface area contributed by atoms with Crippen molar-refractivity contribution in [1.82, 2.24) is 15.1 Å². The van der Waals surface area contributed by atoms with Gasteiger partial charge < -0.3 is 19.9 Å². The molecule has 0 bridgehead atoms. The Morgan fingerprint density at radius 1 is 1.19 bits per heavy atom. The van der Waals surface area contributed by atoms with E-state index in [-0.39, 0.29) is 19.3 Å². The van der Waals surface area contributed by atoms with Gasteiger partial charge in [-0.15, -0.1) is 0 Å². The molecule has 0 spiro atoms. The minimum Gasteiger partial charge on any atom is -0.361 e. The number of likely N-dealkylation sites (tertiary alicyclic amines) is 1. The van der Waals surface area contributed by atoms with Gasteiger partial charge in [-0.1, -0.05) is 41.5 Å². The molecule has 6 heteroatoms. The maximum atomic E-state index is 12.1. The molecule has 0 aromatic carbocycles. The van der Waals surface area contributed by atoms with Gasteiger partial charge in [0.15, 0.2) is 0 Å². The molecule has 6 nitrogen and oxygen atoms in total. The number of nitrogens with one attached hydrogen (secondary N) is 1. The average molecular weight is 374 g/mol. The molecule has 0 aromatic rings. The highest BCUT2D eigenvalue weighted by molar-refractivity contribution is 5.78. The van der Waals surface area contributed by atoms with Crippen LogP contribution in [0.25, 0.3) is 0 Å². The molecule has 2 saturated heterocycles. The molecule has 3 amide bonds. The summed E-state index contributed by atoms with van der Waals surface area (Å²) in [5.74, 6) is 0.855. The number of carbonyl (C=O) groups excluding carboxylic acids is 2. The van der Waals surface area contributed by atoms with Crippen molar-refractivity contribution in [2.24, 2.45) is 11.8 Å². The average Bonchev–Trinajstić information content (AvgIpc) is 3.05. The number of unbranched alkanes of at least 4 members (excludes halogenated alkanes) is 1. The summed E-state index contributed by atoms with van der Waals surface area (Å²) in [6.45, 7) is 16.3. The summed E-state index contributed by atoms with van der Waals surface area (Å²) in [7, 11) is 0. The molecule has 0 aliphatic carbocycles. The Balaban J connectivity index is 0. The molecule has 2 aliphatic rings. The maximum absolute atomic E-state index is 12.1. The Labute approximate surface area is 162 Å². The van der Waals surface area contributed by atoms with Gasteiger partial charge >= 0.3 is 6.03 Å². The Bertz CT molecular complexity index is 397. The van der Waals surface area contributed by atoms with Gasteiger partial charge in [-0.05, 0) is 31.6 Å². The van der Waals surface area contributed by atoms with E-state index in [1.807, 2.05) is 39.5 Å². The molecule has 26 heavy (non-hydrogen) atoms. The number of hydrogen-bond acceptors (Lipinski definition) is 3. The van der Waals surface area contributed by atoms with Crippen LogP contribution in [0.15, 0.2) is 0 Å². The van der Waals surface area contributed by atoms with Crippen molar-refractivity contribution in [3.05, 3.63) is 0 Å². The number of carbonyl (C=O) groups is 2. The van der Waals surface area contributed by atoms with Gasteiger partial charge in [0.1, 0.15) is 6.73 Å². The van der Waals surface area contributed by atoms with Crippen molar-refractivity contribution in [2.45, 2.75) is 67.2 Å². The summed E-state index contributed by atoms with van der Waals surface area (Å²) < 4.78 is 5.45.